The first-order valence-electron chi connectivity index (χ1n) is 10.4. The molecule has 0 atom stereocenters. The van der Waals surface area contributed by atoms with Crippen molar-refractivity contribution >= 4 is 16.8 Å². The predicted octanol–water partition coefficient (Wildman–Crippen LogP) is 3.72. The molecule has 29 heavy (non-hydrogen) atoms. The van der Waals surface area contributed by atoms with Gasteiger partial charge >= 0.3 is 0 Å². The molecule has 0 spiro atoms. The number of likely N-dealkylation sites (tertiary alicyclic amines) is 1. The number of rotatable bonds is 4. The van der Waals surface area contributed by atoms with Crippen molar-refractivity contribution in [2.24, 2.45) is 0 Å². The number of amides is 1. The highest BCUT2D eigenvalue weighted by Gasteiger charge is 2.22. The van der Waals surface area contributed by atoms with Crippen molar-refractivity contribution in [2.45, 2.75) is 46.1 Å². The summed E-state index contributed by atoms with van der Waals surface area (Å²) < 4.78 is 1.69. The van der Waals surface area contributed by atoms with E-state index in [0.717, 1.165) is 59.2 Å². The van der Waals surface area contributed by atoms with Gasteiger partial charge in [-0.25, -0.2) is 4.98 Å². The molecule has 1 aliphatic rings. The molecule has 1 amide bonds. The fourth-order valence-corrected chi connectivity index (χ4v) is 4.17. The Morgan fingerprint density at radius 3 is 2.59 bits per heavy atom. The Bertz CT molecular complexity index is 1030. The molecule has 3 aromatic rings. The van der Waals surface area contributed by atoms with Gasteiger partial charge in [-0.2, -0.15) is 5.10 Å². The van der Waals surface area contributed by atoms with Crippen LogP contribution in [0.1, 0.15) is 47.2 Å². The zero-order valence-corrected chi connectivity index (χ0v) is 17.2. The third kappa shape index (κ3) is 4.03. The third-order valence-corrected chi connectivity index (χ3v) is 5.63. The molecule has 6 heteroatoms. The lowest BCUT2D eigenvalue weighted by Crippen LogP contribution is -2.32. The first-order valence-corrected chi connectivity index (χ1v) is 10.4. The van der Waals surface area contributed by atoms with Crippen LogP contribution in [-0.4, -0.2) is 50.4 Å². The van der Waals surface area contributed by atoms with Crippen LogP contribution >= 0.6 is 0 Å². The van der Waals surface area contributed by atoms with E-state index >= 15 is 0 Å². The highest BCUT2D eigenvalue weighted by molar-refractivity contribution is 6.08. The van der Waals surface area contributed by atoms with Gasteiger partial charge in [-0.05, 0) is 44.4 Å². The number of benzene rings is 1. The van der Waals surface area contributed by atoms with Gasteiger partial charge in [0.25, 0.3) is 5.91 Å². The number of carbonyl (C=O) groups is 1. The van der Waals surface area contributed by atoms with E-state index in [1.165, 1.54) is 12.8 Å². The molecule has 0 radical (unpaired) electrons. The highest BCUT2D eigenvalue weighted by atomic mass is 16.3. The summed E-state index contributed by atoms with van der Waals surface area (Å²) in [7, 11) is 0. The number of aliphatic hydroxyl groups is 1. The molecule has 0 bridgehead atoms. The van der Waals surface area contributed by atoms with Crippen molar-refractivity contribution in [3.63, 3.8) is 0 Å². The van der Waals surface area contributed by atoms with Crippen LogP contribution in [0.25, 0.3) is 22.2 Å². The number of aliphatic hydroxyl groups excluding tert-OH is 1. The average Bonchev–Trinajstić information content (AvgIpc) is 3.00. The van der Waals surface area contributed by atoms with Crippen molar-refractivity contribution in [1.29, 1.82) is 0 Å². The molecule has 4 rings (SSSR count). The molecular formula is C23H28N4O2. The summed E-state index contributed by atoms with van der Waals surface area (Å²) in [5, 5.41) is 14.4. The molecule has 1 aliphatic heterocycles. The number of hydrogen-bond acceptors (Lipinski definition) is 4. The molecule has 1 N–H and O–H groups in total. The minimum absolute atomic E-state index is 0.0311. The fraction of sp³-hybridized carbons (Fsp3) is 0.435. The molecule has 0 aliphatic carbocycles. The van der Waals surface area contributed by atoms with E-state index in [0.29, 0.717) is 12.1 Å². The standard InChI is InChI=1S/C23H28N4O2/c1-16-11-17(2)22-19(12-16)20(23(29)26-7-5-3-4-6-8-26)13-21(25-22)18-14-24-27(15-18)9-10-28/h11-15,28H,3-10H2,1-2H3. The quantitative estimate of drug-likeness (QED) is 0.734. The van der Waals surface area contributed by atoms with Crippen LogP contribution in [0.5, 0.6) is 0 Å². The molecule has 152 valence electrons. The molecular weight excluding hydrogens is 364 g/mol. The van der Waals surface area contributed by atoms with Crippen LogP contribution in [0.2, 0.25) is 0 Å². The van der Waals surface area contributed by atoms with Crippen molar-refractivity contribution in [3.8, 4) is 11.3 Å². The molecule has 1 saturated heterocycles. The highest BCUT2D eigenvalue weighted by Crippen LogP contribution is 2.29. The number of fused-ring (bicyclic) bond motifs is 1. The maximum Gasteiger partial charge on any atom is 0.254 e. The Kier molecular flexibility index (Phi) is 5.62. The summed E-state index contributed by atoms with van der Waals surface area (Å²) in [6.07, 6.45) is 8.12. The Morgan fingerprint density at radius 2 is 1.86 bits per heavy atom. The summed E-state index contributed by atoms with van der Waals surface area (Å²) in [4.78, 5) is 20.4. The summed E-state index contributed by atoms with van der Waals surface area (Å²) in [6, 6.07) is 6.09. The smallest absolute Gasteiger partial charge is 0.254 e. The number of aryl methyl sites for hydroxylation is 2. The summed E-state index contributed by atoms with van der Waals surface area (Å²) in [5.74, 6) is 0.0910. The molecule has 3 heterocycles. The van der Waals surface area contributed by atoms with Gasteiger partial charge < -0.3 is 10.0 Å². The zero-order valence-electron chi connectivity index (χ0n) is 17.2. The maximum absolute atomic E-state index is 13.5. The van der Waals surface area contributed by atoms with E-state index in [2.05, 4.69) is 24.2 Å². The van der Waals surface area contributed by atoms with E-state index in [1.54, 1.807) is 10.9 Å². The molecule has 0 unspecified atom stereocenters. The third-order valence-electron chi connectivity index (χ3n) is 5.63. The van der Waals surface area contributed by atoms with Gasteiger partial charge in [0.15, 0.2) is 0 Å². The SMILES string of the molecule is Cc1cc(C)c2nc(-c3cnn(CCO)c3)cc(C(=O)N3CCCCCC3)c2c1. The fourth-order valence-electron chi connectivity index (χ4n) is 4.17. The van der Waals surface area contributed by atoms with Crippen LogP contribution in [0.15, 0.2) is 30.6 Å². The second kappa shape index (κ2) is 8.33. The summed E-state index contributed by atoms with van der Waals surface area (Å²) in [6.45, 7) is 6.20. The van der Waals surface area contributed by atoms with Crippen molar-refractivity contribution in [3.05, 3.63) is 47.3 Å². The maximum atomic E-state index is 13.5. The van der Waals surface area contributed by atoms with Gasteiger partial charge in [0.2, 0.25) is 0 Å². The van der Waals surface area contributed by atoms with Gasteiger partial charge in [0.05, 0.1) is 36.1 Å². The van der Waals surface area contributed by atoms with E-state index in [4.69, 9.17) is 10.1 Å². The minimum Gasteiger partial charge on any atom is -0.394 e. The largest absolute Gasteiger partial charge is 0.394 e. The Hall–Kier alpha value is -2.73. The normalized spacial score (nSPS) is 14.9. The molecule has 0 saturated carbocycles. The van der Waals surface area contributed by atoms with E-state index < -0.39 is 0 Å². The molecule has 1 aromatic carbocycles. The van der Waals surface area contributed by atoms with Crippen molar-refractivity contribution in [2.75, 3.05) is 19.7 Å². The molecule has 6 nitrogen and oxygen atoms in total. The van der Waals surface area contributed by atoms with Crippen LogP contribution in [0, 0.1) is 13.8 Å². The Morgan fingerprint density at radius 1 is 1.10 bits per heavy atom. The van der Waals surface area contributed by atoms with Crippen molar-refractivity contribution in [1.82, 2.24) is 19.7 Å². The van der Waals surface area contributed by atoms with Gasteiger partial charge in [-0.3, -0.25) is 9.48 Å². The first-order chi connectivity index (χ1) is 14.1. The summed E-state index contributed by atoms with van der Waals surface area (Å²) >= 11 is 0. The number of hydrogen-bond donors (Lipinski definition) is 1. The second-order valence-electron chi connectivity index (χ2n) is 7.96. The Balaban J connectivity index is 1.84. The van der Waals surface area contributed by atoms with Gasteiger partial charge in [0.1, 0.15) is 0 Å². The summed E-state index contributed by atoms with van der Waals surface area (Å²) in [5.41, 5.74) is 5.37. The first kappa shape index (κ1) is 19.6. The van der Waals surface area contributed by atoms with Gasteiger partial charge in [-0.15, -0.1) is 0 Å². The van der Waals surface area contributed by atoms with Crippen LogP contribution in [0.4, 0.5) is 0 Å². The number of carbonyl (C=O) groups excluding carboxylic acids is 1. The topological polar surface area (TPSA) is 71.2 Å². The van der Waals surface area contributed by atoms with E-state index in [9.17, 15) is 4.79 Å². The number of aromatic nitrogens is 3. The van der Waals surface area contributed by atoms with Crippen molar-refractivity contribution < 1.29 is 9.90 Å². The number of pyridine rings is 1. The average molecular weight is 393 g/mol. The van der Waals surface area contributed by atoms with E-state index in [1.807, 2.05) is 24.1 Å². The Labute approximate surface area is 171 Å². The lowest BCUT2D eigenvalue weighted by atomic mass is 9.99. The van der Waals surface area contributed by atoms with Crippen LogP contribution in [-0.2, 0) is 6.54 Å². The van der Waals surface area contributed by atoms with Crippen LogP contribution < -0.4 is 0 Å². The second-order valence-corrected chi connectivity index (χ2v) is 7.96. The lowest BCUT2D eigenvalue weighted by Gasteiger charge is -2.22. The number of nitrogens with zero attached hydrogens (tertiary/aromatic N) is 4. The zero-order chi connectivity index (χ0) is 20.4. The minimum atomic E-state index is 0.0311. The molecule has 2 aromatic heterocycles. The van der Waals surface area contributed by atoms with Gasteiger partial charge in [0, 0.05) is 30.2 Å². The van der Waals surface area contributed by atoms with Gasteiger partial charge in [-0.1, -0.05) is 24.5 Å². The predicted molar refractivity (Wildman–Crippen MR) is 114 cm³/mol. The lowest BCUT2D eigenvalue weighted by molar-refractivity contribution is 0.0763. The monoisotopic (exact) mass is 392 g/mol. The molecule has 1 fully saturated rings. The van der Waals surface area contributed by atoms with E-state index in [-0.39, 0.29) is 12.5 Å². The van der Waals surface area contributed by atoms with Crippen LogP contribution in [0.3, 0.4) is 0 Å².